The highest BCUT2D eigenvalue weighted by Crippen LogP contribution is 2.31. The van der Waals surface area contributed by atoms with Crippen LogP contribution in [0.5, 0.6) is 11.5 Å². The molecule has 0 amide bonds. The SMILES string of the molecule is CCOc1cc2c(Nc3cc(C)c(O)c(C)c3)ccnc2nc1C. The van der Waals surface area contributed by atoms with Gasteiger partial charge in [-0.2, -0.15) is 0 Å². The van der Waals surface area contributed by atoms with Crippen LogP contribution in [0.15, 0.2) is 30.5 Å². The van der Waals surface area contributed by atoms with Crippen molar-refractivity contribution in [3.05, 3.63) is 47.3 Å². The van der Waals surface area contributed by atoms with Crippen LogP contribution in [0.1, 0.15) is 23.7 Å². The van der Waals surface area contributed by atoms with Crippen molar-refractivity contribution < 1.29 is 9.84 Å². The predicted molar refractivity (Wildman–Crippen MR) is 96.3 cm³/mol. The van der Waals surface area contributed by atoms with Crippen molar-refractivity contribution in [2.75, 3.05) is 11.9 Å². The average Bonchev–Trinajstić information content (AvgIpc) is 2.54. The Morgan fingerprint density at radius 1 is 1.12 bits per heavy atom. The van der Waals surface area contributed by atoms with Crippen molar-refractivity contribution in [1.29, 1.82) is 0 Å². The van der Waals surface area contributed by atoms with Crippen LogP contribution >= 0.6 is 0 Å². The van der Waals surface area contributed by atoms with Crippen LogP contribution < -0.4 is 10.1 Å². The van der Waals surface area contributed by atoms with Crippen LogP contribution in [0.25, 0.3) is 11.0 Å². The first-order chi connectivity index (χ1) is 11.5. The number of nitrogens with one attached hydrogen (secondary N) is 1. The summed E-state index contributed by atoms with van der Waals surface area (Å²) in [5, 5.41) is 14.2. The molecule has 0 bridgehead atoms. The average molecular weight is 323 g/mol. The number of aryl methyl sites for hydroxylation is 3. The van der Waals surface area contributed by atoms with Gasteiger partial charge in [-0.25, -0.2) is 9.97 Å². The third-order valence-corrected chi connectivity index (χ3v) is 3.94. The summed E-state index contributed by atoms with van der Waals surface area (Å²) >= 11 is 0. The van der Waals surface area contributed by atoms with Crippen molar-refractivity contribution >= 4 is 22.4 Å². The van der Waals surface area contributed by atoms with E-state index in [0.717, 1.165) is 39.3 Å². The van der Waals surface area contributed by atoms with Gasteiger partial charge in [0, 0.05) is 17.3 Å². The number of aromatic hydroxyl groups is 1. The second-order valence-corrected chi connectivity index (χ2v) is 5.82. The van der Waals surface area contributed by atoms with E-state index in [1.54, 1.807) is 6.20 Å². The van der Waals surface area contributed by atoms with Gasteiger partial charge >= 0.3 is 0 Å². The van der Waals surface area contributed by atoms with Gasteiger partial charge in [-0.05, 0) is 63.1 Å². The van der Waals surface area contributed by atoms with E-state index < -0.39 is 0 Å². The van der Waals surface area contributed by atoms with E-state index in [4.69, 9.17) is 4.74 Å². The quantitative estimate of drug-likeness (QED) is 0.696. The van der Waals surface area contributed by atoms with Crippen molar-refractivity contribution in [1.82, 2.24) is 9.97 Å². The maximum Gasteiger partial charge on any atom is 0.161 e. The molecule has 2 N–H and O–H groups in total. The topological polar surface area (TPSA) is 67.3 Å². The molecule has 5 heteroatoms. The third-order valence-electron chi connectivity index (χ3n) is 3.94. The molecule has 0 aliphatic heterocycles. The zero-order valence-electron chi connectivity index (χ0n) is 14.3. The summed E-state index contributed by atoms with van der Waals surface area (Å²) in [6.07, 6.45) is 1.73. The molecule has 5 nitrogen and oxygen atoms in total. The van der Waals surface area contributed by atoms with Crippen LogP contribution in [-0.2, 0) is 0 Å². The standard InChI is InChI=1S/C19H21N3O2/c1-5-24-17-10-15-16(6-7-20-19(15)21-13(17)4)22-14-8-11(2)18(23)12(3)9-14/h6-10,23H,5H2,1-4H3,(H,20,21,22). The minimum Gasteiger partial charge on any atom is -0.507 e. The van der Waals surface area contributed by atoms with Gasteiger partial charge in [0.2, 0.25) is 0 Å². The summed E-state index contributed by atoms with van der Waals surface area (Å²) in [6.45, 7) is 8.23. The van der Waals surface area contributed by atoms with Crippen molar-refractivity contribution in [3.8, 4) is 11.5 Å². The van der Waals surface area contributed by atoms with Crippen LogP contribution in [0, 0.1) is 20.8 Å². The lowest BCUT2D eigenvalue weighted by molar-refractivity contribution is 0.337. The van der Waals surface area contributed by atoms with Crippen LogP contribution in [0.3, 0.4) is 0 Å². The highest BCUT2D eigenvalue weighted by molar-refractivity contribution is 5.92. The minimum absolute atomic E-state index is 0.330. The Bertz CT molecular complexity index is 883. The molecule has 3 aromatic rings. The molecule has 2 aromatic heterocycles. The number of nitrogens with zero attached hydrogens (tertiary/aromatic N) is 2. The normalized spacial score (nSPS) is 10.8. The van der Waals surface area contributed by atoms with Crippen molar-refractivity contribution in [2.45, 2.75) is 27.7 Å². The molecule has 3 rings (SSSR count). The van der Waals surface area contributed by atoms with Gasteiger partial charge in [-0.1, -0.05) is 0 Å². The summed E-state index contributed by atoms with van der Waals surface area (Å²) in [5.41, 5.74) is 4.98. The number of rotatable bonds is 4. The second-order valence-electron chi connectivity index (χ2n) is 5.82. The lowest BCUT2D eigenvalue weighted by Crippen LogP contribution is -1.99. The van der Waals surface area contributed by atoms with Gasteiger partial charge in [0.25, 0.3) is 0 Å². The molecule has 0 fully saturated rings. The Hall–Kier alpha value is -2.82. The number of phenolic OH excluding ortho intramolecular Hbond substituents is 1. The predicted octanol–water partition coefficient (Wildman–Crippen LogP) is 4.40. The number of anilines is 2. The molecule has 2 heterocycles. The van der Waals surface area contributed by atoms with E-state index in [1.807, 2.05) is 52.0 Å². The first kappa shape index (κ1) is 16.1. The molecular weight excluding hydrogens is 302 g/mol. The Kier molecular flexibility index (Phi) is 4.25. The van der Waals surface area contributed by atoms with E-state index >= 15 is 0 Å². The number of hydrogen-bond donors (Lipinski definition) is 2. The van der Waals surface area contributed by atoms with Crippen molar-refractivity contribution in [2.24, 2.45) is 0 Å². The summed E-state index contributed by atoms with van der Waals surface area (Å²) < 4.78 is 5.65. The van der Waals surface area contributed by atoms with Crippen LogP contribution in [0.4, 0.5) is 11.4 Å². The lowest BCUT2D eigenvalue weighted by atomic mass is 10.1. The number of benzene rings is 1. The molecule has 0 spiro atoms. The third kappa shape index (κ3) is 2.97. The molecular formula is C19H21N3O2. The molecule has 0 aliphatic rings. The number of ether oxygens (including phenoxy) is 1. The second kappa shape index (κ2) is 6.35. The molecule has 0 unspecified atom stereocenters. The Morgan fingerprint density at radius 2 is 1.83 bits per heavy atom. The fraction of sp³-hybridized carbons (Fsp3) is 0.263. The molecule has 0 radical (unpaired) electrons. The number of fused-ring (bicyclic) bond motifs is 1. The Labute approximate surface area is 141 Å². The summed E-state index contributed by atoms with van der Waals surface area (Å²) in [6, 6.07) is 7.71. The number of phenols is 1. The molecule has 0 saturated heterocycles. The van der Waals surface area contributed by atoms with Crippen LogP contribution in [0.2, 0.25) is 0 Å². The number of pyridine rings is 2. The maximum atomic E-state index is 9.93. The van der Waals surface area contributed by atoms with Gasteiger partial charge in [-0.15, -0.1) is 0 Å². The minimum atomic E-state index is 0.330. The first-order valence-corrected chi connectivity index (χ1v) is 7.96. The molecule has 24 heavy (non-hydrogen) atoms. The van der Waals surface area contributed by atoms with Gasteiger partial charge < -0.3 is 15.2 Å². The van der Waals surface area contributed by atoms with Gasteiger partial charge in [0.15, 0.2) is 5.65 Å². The summed E-state index contributed by atoms with van der Waals surface area (Å²) in [4.78, 5) is 8.88. The van der Waals surface area contributed by atoms with Gasteiger partial charge in [-0.3, -0.25) is 0 Å². The Morgan fingerprint density at radius 3 is 2.50 bits per heavy atom. The summed E-state index contributed by atoms with van der Waals surface area (Å²) in [5.74, 6) is 1.09. The number of hydrogen-bond acceptors (Lipinski definition) is 5. The number of aromatic nitrogens is 2. The maximum absolute atomic E-state index is 9.93. The summed E-state index contributed by atoms with van der Waals surface area (Å²) in [7, 11) is 0. The fourth-order valence-electron chi connectivity index (χ4n) is 2.74. The first-order valence-electron chi connectivity index (χ1n) is 7.96. The van der Waals surface area contributed by atoms with E-state index in [1.165, 1.54) is 0 Å². The molecule has 0 aliphatic carbocycles. The van der Waals surface area contributed by atoms with E-state index in [2.05, 4.69) is 15.3 Å². The van der Waals surface area contributed by atoms with Gasteiger partial charge in [0.1, 0.15) is 11.5 Å². The van der Waals surface area contributed by atoms with Crippen molar-refractivity contribution in [3.63, 3.8) is 0 Å². The zero-order chi connectivity index (χ0) is 17.3. The van der Waals surface area contributed by atoms with Gasteiger partial charge in [0.05, 0.1) is 18.0 Å². The van der Waals surface area contributed by atoms with E-state index in [-0.39, 0.29) is 0 Å². The van der Waals surface area contributed by atoms with E-state index in [9.17, 15) is 5.11 Å². The highest BCUT2D eigenvalue weighted by Gasteiger charge is 2.10. The monoisotopic (exact) mass is 323 g/mol. The Balaban J connectivity index is 2.07. The largest absolute Gasteiger partial charge is 0.507 e. The van der Waals surface area contributed by atoms with Crippen LogP contribution in [-0.4, -0.2) is 21.7 Å². The molecule has 124 valence electrons. The zero-order valence-corrected chi connectivity index (χ0v) is 14.3. The fourth-order valence-corrected chi connectivity index (χ4v) is 2.74. The molecule has 0 saturated carbocycles. The smallest absolute Gasteiger partial charge is 0.161 e. The lowest BCUT2D eigenvalue weighted by Gasteiger charge is -2.14. The van der Waals surface area contributed by atoms with E-state index in [0.29, 0.717) is 18.0 Å². The highest BCUT2D eigenvalue weighted by atomic mass is 16.5. The molecule has 0 atom stereocenters. The molecule has 1 aromatic carbocycles.